The molecule has 0 saturated heterocycles. The lowest BCUT2D eigenvalue weighted by Gasteiger charge is -2.31. The summed E-state index contributed by atoms with van der Waals surface area (Å²) >= 11 is 0. The zero-order chi connectivity index (χ0) is 18.7. The summed E-state index contributed by atoms with van der Waals surface area (Å²) in [4.78, 5) is 12.2. The van der Waals surface area contributed by atoms with E-state index in [9.17, 15) is 14.3 Å². The van der Waals surface area contributed by atoms with Gasteiger partial charge in [-0.05, 0) is 30.5 Å². The molecule has 1 heterocycles. The van der Waals surface area contributed by atoms with E-state index in [-0.39, 0.29) is 22.6 Å². The molecule has 0 radical (unpaired) electrons. The van der Waals surface area contributed by atoms with E-state index >= 15 is 0 Å². The van der Waals surface area contributed by atoms with Gasteiger partial charge in [-0.25, -0.2) is 10.2 Å². The Kier molecular flexibility index (Phi) is 4.94. The summed E-state index contributed by atoms with van der Waals surface area (Å²) in [6, 6.07) is 6.61. The van der Waals surface area contributed by atoms with E-state index in [1.54, 1.807) is 22.9 Å². The largest absolute Gasteiger partial charge is 0.503 e. The zero-order valence-corrected chi connectivity index (χ0v) is 14.3. The SMILES string of the molecule is N/N=C(\NN)c1cn(CC2(c3cccc(F)c3)CCCC2)cc(O)c1=O. The summed E-state index contributed by atoms with van der Waals surface area (Å²) in [5.74, 6) is 9.88. The minimum atomic E-state index is -0.616. The van der Waals surface area contributed by atoms with Gasteiger partial charge in [-0.2, -0.15) is 5.10 Å². The molecule has 1 aliphatic carbocycles. The van der Waals surface area contributed by atoms with Gasteiger partial charge in [0.1, 0.15) is 5.82 Å². The predicted octanol–water partition coefficient (Wildman–Crippen LogP) is 1.29. The van der Waals surface area contributed by atoms with Gasteiger partial charge in [-0.3, -0.25) is 4.79 Å². The van der Waals surface area contributed by atoms with E-state index in [0.717, 1.165) is 31.2 Å². The van der Waals surface area contributed by atoms with E-state index in [4.69, 9.17) is 11.7 Å². The molecule has 7 nitrogen and oxygen atoms in total. The lowest BCUT2D eigenvalue weighted by molar-refractivity contribution is 0.363. The first kappa shape index (κ1) is 17.9. The van der Waals surface area contributed by atoms with Gasteiger partial charge in [-0.15, -0.1) is 0 Å². The van der Waals surface area contributed by atoms with Gasteiger partial charge in [-0.1, -0.05) is 25.0 Å². The van der Waals surface area contributed by atoms with E-state index in [2.05, 4.69) is 10.5 Å². The molecule has 0 unspecified atom stereocenters. The van der Waals surface area contributed by atoms with Crippen molar-refractivity contribution in [3.8, 4) is 5.75 Å². The Morgan fingerprint density at radius 2 is 2.08 bits per heavy atom. The van der Waals surface area contributed by atoms with Gasteiger partial charge in [0, 0.05) is 24.4 Å². The number of aromatic nitrogens is 1. The highest BCUT2D eigenvalue weighted by Crippen LogP contribution is 2.42. The van der Waals surface area contributed by atoms with Crippen LogP contribution >= 0.6 is 0 Å². The summed E-state index contributed by atoms with van der Waals surface area (Å²) in [6.45, 7) is 0.486. The maximum absolute atomic E-state index is 13.8. The van der Waals surface area contributed by atoms with Crippen molar-refractivity contribution >= 4 is 5.84 Å². The molecule has 138 valence electrons. The Morgan fingerprint density at radius 3 is 2.69 bits per heavy atom. The number of hydrogen-bond acceptors (Lipinski definition) is 5. The van der Waals surface area contributed by atoms with Crippen LogP contribution < -0.4 is 22.5 Å². The smallest absolute Gasteiger partial charge is 0.234 e. The number of hydrazine groups is 1. The average molecular weight is 359 g/mol. The Morgan fingerprint density at radius 1 is 1.35 bits per heavy atom. The minimum absolute atomic E-state index is 0.0223. The summed E-state index contributed by atoms with van der Waals surface area (Å²) in [7, 11) is 0. The van der Waals surface area contributed by atoms with Gasteiger partial charge in [0.15, 0.2) is 11.6 Å². The number of amidine groups is 1. The number of hydrazone groups is 1. The number of nitrogens with one attached hydrogen (secondary N) is 1. The van der Waals surface area contributed by atoms with Gasteiger partial charge in [0.25, 0.3) is 0 Å². The van der Waals surface area contributed by atoms with Crippen LogP contribution in [0.3, 0.4) is 0 Å². The summed E-state index contributed by atoms with van der Waals surface area (Å²) < 4.78 is 15.5. The van der Waals surface area contributed by atoms with Crippen LogP contribution in [0.5, 0.6) is 5.75 Å². The molecule has 6 N–H and O–H groups in total. The molecule has 1 aromatic heterocycles. The Labute approximate surface area is 150 Å². The van der Waals surface area contributed by atoms with Crippen molar-refractivity contribution in [2.75, 3.05) is 0 Å². The van der Waals surface area contributed by atoms with Gasteiger partial charge >= 0.3 is 0 Å². The molecule has 0 aliphatic heterocycles. The Hall–Kier alpha value is -2.87. The van der Waals surface area contributed by atoms with E-state index in [0.29, 0.717) is 6.54 Å². The fourth-order valence-corrected chi connectivity index (χ4v) is 3.82. The lowest BCUT2D eigenvalue weighted by atomic mass is 9.78. The van der Waals surface area contributed by atoms with Crippen LogP contribution in [0.25, 0.3) is 0 Å². The van der Waals surface area contributed by atoms with Gasteiger partial charge < -0.3 is 20.9 Å². The molecule has 1 saturated carbocycles. The fourth-order valence-electron chi connectivity index (χ4n) is 3.82. The number of nitrogens with two attached hydrogens (primary N) is 2. The van der Waals surface area contributed by atoms with Gasteiger partial charge in [0.2, 0.25) is 5.43 Å². The second-order valence-corrected chi connectivity index (χ2v) is 6.68. The van der Waals surface area contributed by atoms with Crippen LogP contribution in [0.2, 0.25) is 0 Å². The summed E-state index contributed by atoms with van der Waals surface area (Å²) in [5, 5.41) is 13.5. The first-order valence-corrected chi connectivity index (χ1v) is 8.43. The van der Waals surface area contributed by atoms with E-state index < -0.39 is 11.2 Å². The van der Waals surface area contributed by atoms with Crippen molar-refractivity contribution < 1.29 is 9.50 Å². The minimum Gasteiger partial charge on any atom is -0.503 e. The molecule has 0 atom stereocenters. The van der Waals surface area contributed by atoms with Crippen LogP contribution in [-0.2, 0) is 12.0 Å². The number of rotatable bonds is 4. The monoisotopic (exact) mass is 359 g/mol. The summed E-state index contributed by atoms with van der Waals surface area (Å²) in [5.41, 5.74) is 2.36. The van der Waals surface area contributed by atoms with Crippen LogP contribution in [-0.4, -0.2) is 15.5 Å². The number of hydrogen-bond donors (Lipinski definition) is 4. The third-order valence-corrected chi connectivity index (χ3v) is 5.06. The molecule has 1 fully saturated rings. The molecule has 8 heteroatoms. The topological polar surface area (TPSA) is 119 Å². The van der Waals surface area contributed by atoms with E-state index in [1.165, 1.54) is 12.3 Å². The fraction of sp³-hybridized carbons (Fsp3) is 0.333. The first-order chi connectivity index (χ1) is 12.5. The van der Waals surface area contributed by atoms with Crippen molar-refractivity contribution in [1.82, 2.24) is 9.99 Å². The molecule has 3 rings (SSSR count). The maximum Gasteiger partial charge on any atom is 0.234 e. The number of aromatic hydroxyl groups is 1. The van der Waals surface area contributed by atoms with Crippen molar-refractivity contribution in [1.29, 1.82) is 0 Å². The summed E-state index contributed by atoms with van der Waals surface area (Å²) in [6.07, 6.45) is 6.78. The highest BCUT2D eigenvalue weighted by Gasteiger charge is 2.36. The van der Waals surface area contributed by atoms with Crippen LogP contribution in [0.4, 0.5) is 4.39 Å². The average Bonchev–Trinajstić information content (AvgIpc) is 3.10. The molecule has 2 aromatic rings. The lowest BCUT2D eigenvalue weighted by Crippen LogP contribution is -2.36. The normalized spacial score (nSPS) is 16.6. The molecule has 26 heavy (non-hydrogen) atoms. The highest BCUT2D eigenvalue weighted by molar-refractivity contribution is 5.98. The second-order valence-electron chi connectivity index (χ2n) is 6.68. The third kappa shape index (κ3) is 3.28. The molecule has 0 spiro atoms. The van der Waals surface area contributed by atoms with Gasteiger partial charge in [0.05, 0.1) is 5.56 Å². The van der Waals surface area contributed by atoms with Crippen molar-refractivity contribution in [2.24, 2.45) is 16.8 Å². The van der Waals surface area contributed by atoms with Crippen molar-refractivity contribution in [3.05, 3.63) is 63.8 Å². The number of halogens is 1. The van der Waals surface area contributed by atoms with Crippen LogP contribution in [0.1, 0.15) is 36.8 Å². The number of nitrogens with zero attached hydrogens (tertiary/aromatic N) is 2. The molecule has 1 aromatic carbocycles. The molecule has 0 bridgehead atoms. The molecular weight excluding hydrogens is 337 g/mol. The third-order valence-electron chi connectivity index (χ3n) is 5.06. The Bertz CT molecular complexity index is 887. The Balaban J connectivity index is 2.05. The van der Waals surface area contributed by atoms with E-state index in [1.807, 2.05) is 6.07 Å². The first-order valence-electron chi connectivity index (χ1n) is 8.43. The molecule has 0 amide bonds. The maximum atomic E-state index is 13.8. The number of pyridine rings is 1. The highest BCUT2D eigenvalue weighted by atomic mass is 19.1. The zero-order valence-electron chi connectivity index (χ0n) is 14.3. The van der Waals surface area contributed by atoms with Crippen LogP contribution in [0.15, 0.2) is 46.6 Å². The standard InChI is InChI=1S/C18H22FN5O2/c19-13-5-3-4-12(8-13)18(6-1-2-7-18)11-24-9-14(17(22-20)23-21)16(26)15(25)10-24/h3-5,8-10,25H,1-2,6-7,11,20-21H2,(H,22,23). The number of benzene rings is 1. The molecule has 1 aliphatic rings. The molecular formula is C18H22FN5O2. The van der Waals surface area contributed by atoms with Crippen molar-refractivity contribution in [3.63, 3.8) is 0 Å². The predicted molar refractivity (Wildman–Crippen MR) is 97.0 cm³/mol. The second kappa shape index (κ2) is 7.17. The quantitative estimate of drug-likeness (QED) is 0.284. The van der Waals surface area contributed by atoms with Crippen LogP contribution in [0, 0.1) is 5.82 Å². The van der Waals surface area contributed by atoms with Crippen molar-refractivity contribution in [2.45, 2.75) is 37.6 Å².